The van der Waals surface area contributed by atoms with Crippen LogP contribution in [0, 0.1) is 13.8 Å². The molecule has 2 atom stereocenters. The largest absolute Gasteiger partial charge is 0.497 e. The number of hydrogen-bond donors (Lipinski definition) is 1. The van der Waals surface area contributed by atoms with Gasteiger partial charge in [-0.1, -0.05) is 6.42 Å². The van der Waals surface area contributed by atoms with Crippen LogP contribution in [-0.4, -0.2) is 110 Å². The van der Waals surface area contributed by atoms with Gasteiger partial charge in [0, 0.05) is 38.3 Å². The minimum Gasteiger partial charge on any atom is -0.497 e. The van der Waals surface area contributed by atoms with Gasteiger partial charge in [0.2, 0.25) is 10.0 Å². The molecule has 0 saturated carbocycles. The van der Waals surface area contributed by atoms with E-state index in [-0.39, 0.29) is 0 Å². The molecule has 3 aliphatic rings. The number of piperidine rings is 2. The standard InChI is InChI=1S/C26H42N4O5S/c1-19-16-22(35-5)17-20(2)24(19)36(33,34)30-11-7-6-8-23(30)26(3)18-28(14-15-29(26)25(31)32)21-9-12-27(4)13-10-21/h16-17,21,23H,6-15,18H2,1-5H3,(H,31,32). The molecule has 0 aromatic heterocycles. The number of piperazine rings is 1. The molecule has 3 aliphatic heterocycles. The monoisotopic (exact) mass is 522 g/mol. The number of carboxylic acid groups (broad SMARTS) is 1. The summed E-state index contributed by atoms with van der Waals surface area (Å²) in [6, 6.07) is 3.48. The highest BCUT2D eigenvalue weighted by atomic mass is 32.2. The minimum absolute atomic E-state index is 0.309. The molecule has 3 saturated heterocycles. The second-order valence-electron chi connectivity index (χ2n) is 11.0. The first-order valence-corrected chi connectivity index (χ1v) is 14.5. The molecule has 10 heteroatoms. The summed E-state index contributed by atoms with van der Waals surface area (Å²) in [5.41, 5.74) is 0.455. The number of aryl methyl sites for hydroxylation is 2. The number of methoxy groups -OCH3 is 1. The number of nitrogens with zero attached hydrogens (tertiary/aromatic N) is 4. The third-order valence-electron chi connectivity index (χ3n) is 8.59. The first kappa shape index (κ1) is 27.2. The van der Waals surface area contributed by atoms with E-state index in [1.165, 1.54) is 4.90 Å². The van der Waals surface area contributed by atoms with E-state index < -0.39 is 27.7 Å². The maximum atomic E-state index is 14.2. The van der Waals surface area contributed by atoms with Crippen LogP contribution < -0.4 is 4.74 Å². The Morgan fingerprint density at radius 2 is 1.67 bits per heavy atom. The van der Waals surface area contributed by atoms with Crippen LogP contribution in [0.1, 0.15) is 50.2 Å². The SMILES string of the molecule is COc1cc(C)c(S(=O)(=O)N2CCCCC2C2(C)CN(C3CCN(C)CC3)CCN2C(=O)O)c(C)c1. The lowest BCUT2D eigenvalue weighted by atomic mass is 9.82. The maximum Gasteiger partial charge on any atom is 0.407 e. The highest BCUT2D eigenvalue weighted by Crippen LogP contribution is 2.39. The van der Waals surface area contributed by atoms with E-state index >= 15 is 0 Å². The van der Waals surface area contributed by atoms with Crippen LogP contribution in [0.4, 0.5) is 4.79 Å². The third kappa shape index (κ3) is 4.97. The fourth-order valence-corrected chi connectivity index (χ4v) is 8.90. The molecule has 9 nitrogen and oxygen atoms in total. The second kappa shape index (κ2) is 10.5. The Morgan fingerprint density at radius 1 is 1.03 bits per heavy atom. The van der Waals surface area contributed by atoms with E-state index in [0.29, 0.717) is 60.4 Å². The van der Waals surface area contributed by atoms with Crippen molar-refractivity contribution in [2.45, 2.75) is 75.4 Å². The van der Waals surface area contributed by atoms with E-state index in [4.69, 9.17) is 4.74 Å². The van der Waals surface area contributed by atoms with Gasteiger partial charge in [0.25, 0.3) is 0 Å². The van der Waals surface area contributed by atoms with Gasteiger partial charge in [-0.3, -0.25) is 9.80 Å². The van der Waals surface area contributed by atoms with Gasteiger partial charge in [-0.15, -0.1) is 0 Å². The fourth-order valence-electron chi connectivity index (χ4n) is 6.70. The van der Waals surface area contributed by atoms with E-state index in [1.54, 1.807) is 37.4 Å². The van der Waals surface area contributed by atoms with E-state index in [9.17, 15) is 18.3 Å². The predicted molar refractivity (Wildman–Crippen MR) is 139 cm³/mol. The van der Waals surface area contributed by atoms with E-state index in [2.05, 4.69) is 16.8 Å². The van der Waals surface area contributed by atoms with Crippen LogP contribution in [0.15, 0.2) is 17.0 Å². The summed E-state index contributed by atoms with van der Waals surface area (Å²) >= 11 is 0. The minimum atomic E-state index is -3.85. The number of ether oxygens (including phenoxy) is 1. The average molecular weight is 523 g/mol. The summed E-state index contributed by atoms with van der Waals surface area (Å²) in [5, 5.41) is 10.2. The van der Waals surface area contributed by atoms with Gasteiger partial charge in [-0.2, -0.15) is 4.31 Å². The zero-order valence-corrected chi connectivity index (χ0v) is 23.2. The zero-order valence-electron chi connectivity index (χ0n) is 22.4. The highest BCUT2D eigenvalue weighted by Gasteiger charge is 2.52. The second-order valence-corrected chi connectivity index (χ2v) is 12.8. The molecular formula is C26H42N4O5S. The topological polar surface area (TPSA) is 93.6 Å². The molecule has 36 heavy (non-hydrogen) atoms. The van der Waals surface area contributed by atoms with Crippen molar-refractivity contribution in [3.8, 4) is 5.75 Å². The highest BCUT2D eigenvalue weighted by molar-refractivity contribution is 7.89. The molecule has 3 heterocycles. The van der Waals surface area contributed by atoms with Crippen molar-refractivity contribution < 1.29 is 23.1 Å². The van der Waals surface area contributed by atoms with Crippen LogP contribution in [0.5, 0.6) is 5.75 Å². The van der Waals surface area contributed by atoms with Crippen LogP contribution in [0.25, 0.3) is 0 Å². The van der Waals surface area contributed by atoms with Crippen molar-refractivity contribution in [2.75, 3.05) is 53.4 Å². The lowest BCUT2D eigenvalue weighted by Gasteiger charge is -2.56. The molecule has 202 valence electrons. The van der Waals surface area contributed by atoms with Crippen molar-refractivity contribution in [2.24, 2.45) is 0 Å². The molecule has 0 aliphatic carbocycles. The molecule has 1 amide bonds. The van der Waals surface area contributed by atoms with Gasteiger partial charge in [-0.25, -0.2) is 13.2 Å². The van der Waals surface area contributed by atoms with Crippen LogP contribution in [-0.2, 0) is 10.0 Å². The number of likely N-dealkylation sites (tertiary alicyclic amines) is 1. The van der Waals surface area contributed by atoms with Crippen LogP contribution in [0.2, 0.25) is 0 Å². The summed E-state index contributed by atoms with van der Waals surface area (Å²) in [4.78, 5) is 19.0. The van der Waals surface area contributed by atoms with Gasteiger partial charge < -0.3 is 14.7 Å². The van der Waals surface area contributed by atoms with Crippen LogP contribution >= 0.6 is 0 Å². The summed E-state index contributed by atoms with van der Waals surface area (Å²) in [6.45, 7) is 9.65. The number of rotatable bonds is 5. The number of carbonyl (C=O) groups is 1. The molecule has 4 rings (SSSR count). The fraction of sp³-hybridized carbons (Fsp3) is 0.731. The lowest BCUT2D eigenvalue weighted by Crippen LogP contribution is -2.72. The normalized spacial score (nSPS) is 27.8. The summed E-state index contributed by atoms with van der Waals surface area (Å²) in [6.07, 6.45) is 3.43. The molecule has 1 aromatic rings. The average Bonchev–Trinajstić information content (AvgIpc) is 2.83. The lowest BCUT2D eigenvalue weighted by molar-refractivity contribution is -0.0482. The Labute approximate surface area is 216 Å². The molecule has 1 N–H and O–H groups in total. The van der Waals surface area contributed by atoms with Crippen molar-refractivity contribution in [3.05, 3.63) is 23.3 Å². The molecule has 1 aromatic carbocycles. The van der Waals surface area contributed by atoms with Gasteiger partial charge in [0.15, 0.2) is 0 Å². The summed E-state index contributed by atoms with van der Waals surface area (Å²) < 4.78 is 35.4. The Morgan fingerprint density at radius 3 is 2.25 bits per heavy atom. The number of amides is 1. The Kier molecular flexibility index (Phi) is 7.90. The van der Waals surface area contributed by atoms with Crippen molar-refractivity contribution in [1.29, 1.82) is 0 Å². The summed E-state index contributed by atoms with van der Waals surface area (Å²) in [7, 11) is -0.142. The molecule has 0 radical (unpaired) electrons. The first-order valence-electron chi connectivity index (χ1n) is 13.1. The quantitative estimate of drug-likeness (QED) is 0.635. The Hall–Kier alpha value is -1.88. The van der Waals surface area contributed by atoms with Crippen molar-refractivity contribution in [1.82, 2.24) is 19.0 Å². The van der Waals surface area contributed by atoms with Crippen molar-refractivity contribution in [3.63, 3.8) is 0 Å². The molecule has 2 unspecified atom stereocenters. The Balaban J connectivity index is 1.71. The van der Waals surface area contributed by atoms with E-state index in [0.717, 1.165) is 38.8 Å². The van der Waals surface area contributed by atoms with Gasteiger partial charge in [0.1, 0.15) is 5.75 Å². The first-order chi connectivity index (χ1) is 17.0. The third-order valence-corrected chi connectivity index (χ3v) is 10.8. The smallest absolute Gasteiger partial charge is 0.407 e. The number of hydrogen-bond acceptors (Lipinski definition) is 6. The van der Waals surface area contributed by atoms with Gasteiger partial charge in [-0.05, 0) is 89.9 Å². The number of sulfonamides is 1. The van der Waals surface area contributed by atoms with Crippen LogP contribution in [0.3, 0.4) is 0 Å². The molecular weight excluding hydrogens is 480 g/mol. The van der Waals surface area contributed by atoms with E-state index in [1.807, 2.05) is 6.92 Å². The van der Waals surface area contributed by atoms with Gasteiger partial charge >= 0.3 is 6.09 Å². The molecule has 0 bridgehead atoms. The molecule has 3 fully saturated rings. The predicted octanol–water partition coefficient (Wildman–Crippen LogP) is 3.00. The zero-order chi connectivity index (χ0) is 26.3. The van der Waals surface area contributed by atoms with Gasteiger partial charge in [0.05, 0.1) is 17.5 Å². The Bertz CT molecular complexity index is 1050. The van der Waals surface area contributed by atoms with Crippen molar-refractivity contribution >= 4 is 16.1 Å². The molecule has 0 spiro atoms. The number of benzene rings is 1. The maximum absolute atomic E-state index is 14.2. The summed E-state index contributed by atoms with van der Waals surface area (Å²) in [5.74, 6) is 0.629.